The number of carbonyl (C=O) groups excluding carboxylic acids is 4. The van der Waals surface area contributed by atoms with Gasteiger partial charge >= 0.3 is 12.1 Å². The molecule has 12 nitrogen and oxygen atoms in total. The predicted octanol–water partition coefficient (Wildman–Crippen LogP) is 7.57. The Balaban J connectivity index is 1.37. The molecule has 3 aromatic heterocycles. The van der Waals surface area contributed by atoms with E-state index >= 15 is 0 Å². The maximum Gasteiger partial charge on any atom is 0.408 e. The van der Waals surface area contributed by atoms with Crippen LogP contribution in [0.1, 0.15) is 59.1 Å². The van der Waals surface area contributed by atoms with Crippen molar-refractivity contribution in [2.75, 3.05) is 6.61 Å². The molecule has 59 heavy (non-hydrogen) atoms. The summed E-state index contributed by atoms with van der Waals surface area (Å²) >= 11 is 0. The molecular weight excluding hydrogens is 752 g/mol. The Kier molecular flexibility index (Phi) is 13.1. The summed E-state index contributed by atoms with van der Waals surface area (Å²) in [4.78, 5) is 63.5. The Labute approximate surface area is 342 Å². The van der Waals surface area contributed by atoms with Crippen molar-refractivity contribution in [3.05, 3.63) is 120 Å². The minimum atomic E-state index is -1.26. The first kappa shape index (κ1) is 42.1. The average Bonchev–Trinajstić information content (AvgIpc) is 3.75. The van der Waals surface area contributed by atoms with Crippen LogP contribution in [0.4, 0.5) is 9.18 Å². The van der Waals surface area contributed by atoms with E-state index in [-0.39, 0.29) is 31.8 Å². The number of benzene rings is 3. The Morgan fingerprint density at radius 2 is 1.46 bits per heavy atom. The molecule has 6 rings (SSSR count). The van der Waals surface area contributed by atoms with Gasteiger partial charge in [0.25, 0.3) is 0 Å². The number of fused-ring (bicyclic) bond motifs is 2. The number of esters is 1. The number of H-pyrrole nitrogens is 1. The second-order valence-corrected chi connectivity index (χ2v) is 15.8. The number of nitrogens with one attached hydrogen (secondary N) is 4. The van der Waals surface area contributed by atoms with Crippen molar-refractivity contribution >= 4 is 45.7 Å². The van der Waals surface area contributed by atoms with Crippen molar-refractivity contribution in [1.29, 1.82) is 0 Å². The number of rotatable bonds is 15. The summed E-state index contributed by atoms with van der Waals surface area (Å²) in [5.74, 6) is -1.73. The third kappa shape index (κ3) is 10.3. The number of hydrogen-bond acceptors (Lipinski definition) is 7. The van der Waals surface area contributed by atoms with Crippen molar-refractivity contribution in [3.8, 4) is 17.1 Å². The highest BCUT2D eigenvalue weighted by atomic mass is 19.1. The number of aromatic nitrogens is 3. The number of aromatic amines is 1. The quantitative estimate of drug-likeness (QED) is 0.0781. The van der Waals surface area contributed by atoms with Crippen LogP contribution in [0.2, 0.25) is 0 Å². The van der Waals surface area contributed by atoms with Crippen LogP contribution in [-0.4, -0.2) is 68.7 Å². The fourth-order valence-electron chi connectivity index (χ4n) is 7.22. The monoisotopic (exact) mass is 802 g/mol. The van der Waals surface area contributed by atoms with E-state index in [0.29, 0.717) is 22.6 Å². The van der Waals surface area contributed by atoms with E-state index in [4.69, 9.17) is 9.47 Å². The van der Waals surface area contributed by atoms with Crippen molar-refractivity contribution in [2.45, 2.75) is 84.5 Å². The van der Waals surface area contributed by atoms with Gasteiger partial charge < -0.3 is 30.4 Å². The normalized spacial score (nSPS) is 13.2. The number of pyridine rings is 1. The molecule has 3 amide bonds. The summed E-state index contributed by atoms with van der Waals surface area (Å²) in [5, 5.41) is 10.2. The van der Waals surface area contributed by atoms with Gasteiger partial charge in [0.1, 0.15) is 35.4 Å². The molecule has 0 saturated carbocycles. The summed E-state index contributed by atoms with van der Waals surface area (Å²) in [5.41, 5.74) is 3.54. The molecule has 0 aliphatic rings. The lowest BCUT2D eigenvalue weighted by atomic mass is 9.97. The first-order chi connectivity index (χ1) is 28.2. The van der Waals surface area contributed by atoms with Crippen LogP contribution in [0.25, 0.3) is 38.9 Å². The zero-order valence-electron chi connectivity index (χ0n) is 34.2. The van der Waals surface area contributed by atoms with E-state index in [1.807, 2.05) is 79.1 Å². The van der Waals surface area contributed by atoms with Crippen LogP contribution in [0.3, 0.4) is 0 Å². The van der Waals surface area contributed by atoms with Crippen molar-refractivity contribution in [2.24, 2.45) is 5.92 Å². The van der Waals surface area contributed by atoms with E-state index < -0.39 is 53.4 Å². The molecule has 3 atom stereocenters. The highest BCUT2D eigenvalue weighted by Gasteiger charge is 2.34. The smallest absolute Gasteiger partial charge is 0.408 e. The highest BCUT2D eigenvalue weighted by molar-refractivity contribution is 5.97. The molecule has 0 fully saturated rings. The minimum Gasteiger partial charge on any atom is -0.464 e. The van der Waals surface area contributed by atoms with E-state index in [0.717, 1.165) is 27.4 Å². The van der Waals surface area contributed by atoms with Gasteiger partial charge in [0.05, 0.1) is 17.8 Å². The number of ether oxygens (including phenoxy) is 2. The summed E-state index contributed by atoms with van der Waals surface area (Å²) < 4.78 is 27.3. The molecule has 308 valence electrons. The van der Waals surface area contributed by atoms with E-state index in [1.165, 1.54) is 12.1 Å². The number of carbonyl (C=O) groups is 4. The molecule has 4 N–H and O–H groups in total. The molecule has 13 heteroatoms. The standard InChI is InChI=1S/C46H51FN6O6/c1-7-58-44(56)38(25-30-27-49-35-16-10-8-14-32(30)35)51-42(54)36(24-28(2)3)50-43(55)37(52-45(57)59-46(4,5)6)26-34-33-15-9-11-17-39(33)53(40-18-12-13-23-48-40)41(34)29-19-21-31(47)22-20-29/h8-23,27-28,36-38,49H,7,24-26H2,1-6H3,(H,50,55)(H,51,54)(H,52,57)/t36-,37-,38-/m0/s1. The van der Waals surface area contributed by atoms with Crippen LogP contribution in [0.5, 0.6) is 0 Å². The second-order valence-electron chi connectivity index (χ2n) is 15.8. The molecule has 0 aliphatic carbocycles. The van der Waals surface area contributed by atoms with Crippen molar-refractivity contribution in [3.63, 3.8) is 0 Å². The Bertz CT molecular complexity index is 2420. The van der Waals surface area contributed by atoms with Crippen LogP contribution in [0, 0.1) is 11.7 Å². The average molecular weight is 803 g/mol. The molecule has 0 saturated heterocycles. The minimum absolute atomic E-state index is 0.0554. The van der Waals surface area contributed by atoms with E-state index in [2.05, 4.69) is 25.9 Å². The predicted molar refractivity (Wildman–Crippen MR) is 225 cm³/mol. The van der Waals surface area contributed by atoms with Gasteiger partial charge in [-0.25, -0.2) is 19.0 Å². The Morgan fingerprint density at radius 3 is 2.14 bits per heavy atom. The largest absolute Gasteiger partial charge is 0.464 e. The topological polar surface area (TPSA) is 156 Å². The Morgan fingerprint density at radius 1 is 0.797 bits per heavy atom. The molecule has 0 aliphatic heterocycles. The number of para-hydroxylation sites is 2. The van der Waals surface area contributed by atoms with Gasteiger partial charge in [-0.05, 0) is 105 Å². The van der Waals surface area contributed by atoms with Gasteiger partial charge in [-0.3, -0.25) is 14.2 Å². The number of halogens is 1. The Hall–Kier alpha value is -6.50. The number of nitrogens with zero attached hydrogens (tertiary/aromatic N) is 2. The molecule has 3 aromatic carbocycles. The van der Waals surface area contributed by atoms with Gasteiger partial charge in [-0.1, -0.05) is 56.3 Å². The first-order valence-corrected chi connectivity index (χ1v) is 19.8. The molecule has 0 spiro atoms. The zero-order chi connectivity index (χ0) is 42.3. The molecule has 0 radical (unpaired) electrons. The lowest BCUT2D eigenvalue weighted by Gasteiger charge is -2.27. The van der Waals surface area contributed by atoms with Gasteiger partial charge in [0.2, 0.25) is 11.8 Å². The van der Waals surface area contributed by atoms with Crippen molar-refractivity contribution < 1.29 is 33.0 Å². The maximum atomic E-state index is 14.6. The van der Waals surface area contributed by atoms with Crippen LogP contribution in [0.15, 0.2) is 103 Å². The lowest BCUT2D eigenvalue weighted by Crippen LogP contribution is -2.57. The highest BCUT2D eigenvalue weighted by Crippen LogP contribution is 2.37. The van der Waals surface area contributed by atoms with Gasteiger partial charge in [-0.15, -0.1) is 0 Å². The molecule has 0 bridgehead atoms. The third-order valence-corrected chi connectivity index (χ3v) is 9.72. The van der Waals surface area contributed by atoms with Gasteiger partial charge in [-0.2, -0.15) is 0 Å². The van der Waals surface area contributed by atoms with Crippen LogP contribution in [-0.2, 0) is 36.7 Å². The fraction of sp³-hybridized carbons (Fsp3) is 0.326. The van der Waals surface area contributed by atoms with Gasteiger partial charge in [0, 0.05) is 41.5 Å². The van der Waals surface area contributed by atoms with E-state index in [1.54, 1.807) is 58.3 Å². The third-order valence-electron chi connectivity index (χ3n) is 9.72. The summed E-state index contributed by atoms with van der Waals surface area (Å²) in [6.45, 7) is 10.8. The number of hydrogen-bond donors (Lipinski definition) is 4. The second kappa shape index (κ2) is 18.4. The van der Waals surface area contributed by atoms with Crippen LogP contribution >= 0.6 is 0 Å². The summed E-state index contributed by atoms with van der Waals surface area (Å²) in [7, 11) is 0. The summed E-state index contributed by atoms with van der Waals surface area (Å²) in [6.07, 6.45) is 2.95. The zero-order valence-corrected chi connectivity index (χ0v) is 34.2. The SMILES string of the molecule is CCOC(=O)[C@H](Cc1c[nH]c2ccccc12)NC(=O)[C@H](CC(C)C)NC(=O)[C@H](Cc1c(-c2ccc(F)cc2)n(-c2ccccn2)c2ccccc12)NC(=O)OC(C)(C)C. The molecule has 0 unspecified atom stereocenters. The molecule has 3 heterocycles. The number of amides is 3. The van der Waals surface area contributed by atoms with E-state index in [9.17, 15) is 23.6 Å². The van der Waals surface area contributed by atoms with Crippen molar-refractivity contribution in [1.82, 2.24) is 30.5 Å². The fourth-order valence-corrected chi connectivity index (χ4v) is 7.22. The molecular formula is C46H51FN6O6. The van der Waals surface area contributed by atoms with Crippen LogP contribution < -0.4 is 16.0 Å². The molecule has 6 aromatic rings. The number of alkyl carbamates (subject to hydrolysis) is 1. The van der Waals surface area contributed by atoms with Gasteiger partial charge in [0.15, 0.2) is 0 Å². The maximum absolute atomic E-state index is 14.6. The lowest BCUT2D eigenvalue weighted by molar-refractivity contribution is -0.147. The summed E-state index contributed by atoms with van der Waals surface area (Å²) in [6, 6.07) is 23.4. The first-order valence-electron chi connectivity index (χ1n) is 19.8.